The summed E-state index contributed by atoms with van der Waals surface area (Å²) in [7, 11) is 3.29. The Morgan fingerprint density at radius 1 is 1.67 bits per heavy atom. The first-order valence-corrected chi connectivity index (χ1v) is 2.79. The van der Waals surface area contributed by atoms with Crippen LogP contribution < -0.4 is 5.32 Å². The molecular formula is C5H13N2O2+. The van der Waals surface area contributed by atoms with Crippen LogP contribution in [0.25, 0.3) is 0 Å². The van der Waals surface area contributed by atoms with Crippen molar-refractivity contribution < 1.29 is 14.6 Å². The first-order valence-electron chi connectivity index (χ1n) is 2.79. The number of carbonyl (C=O) groups excluding carboxylic acids is 1. The molecule has 1 amide bonds. The standard InChI is InChI=1S/C5H12N2O2/c1-7(2,9)4-3-6-5-8/h5,9H,3-4H2,1-2H3/p+1. The van der Waals surface area contributed by atoms with Crippen LogP contribution in [0.3, 0.4) is 0 Å². The van der Waals surface area contributed by atoms with Crippen molar-refractivity contribution in [1.82, 2.24) is 5.32 Å². The molecule has 0 aromatic heterocycles. The summed E-state index contributed by atoms with van der Waals surface area (Å²) < 4.78 is -0.110. The Morgan fingerprint density at radius 2 is 2.22 bits per heavy atom. The van der Waals surface area contributed by atoms with E-state index in [0.29, 0.717) is 19.5 Å². The smallest absolute Gasteiger partial charge is 0.207 e. The van der Waals surface area contributed by atoms with Crippen molar-refractivity contribution >= 4 is 6.41 Å². The summed E-state index contributed by atoms with van der Waals surface area (Å²) in [5.74, 6) is 0. The van der Waals surface area contributed by atoms with E-state index < -0.39 is 0 Å². The number of hydroxylamine groups is 3. The van der Waals surface area contributed by atoms with Gasteiger partial charge in [-0.2, -0.15) is 4.65 Å². The highest BCUT2D eigenvalue weighted by Gasteiger charge is 2.07. The quantitative estimate of drug-likeness (QED) is 0.228. The maximum Gasteiger partial charge on any atom is 0.207 e. The number of quaternary nitrogens is 1. The molecular weight excluding hydrogens is 120 g/mol. The lowest BCUT2D eigenvalue weighted by Gasteiger charge is -2.18. The summed E-state index contributed by atoms with van der Waals surface area (Å²) in [4.78, 5) is 9.69. The minimum absolute atomic E-state index is 0.110. The molecule has 0 aliphatic carbocycles. The molecule has 54 valence electrons. The molecule has 2 N–H and O–H groups in total. The minimum Gasteiger partial charge on any atom is -0.353 e. The largest absolute Gasteiger partial charge is 0.353 e. The van der Waals surface area contributed by atoms with Crippen LogP contribution in [0, 0.1) is 0 Å². The average molecular weight is 133 g/mol. The van der Waals surface area contributed by atoms with E-state index in [4.69, 9.17) is 5.21 Å². The van der Waals surface area contributed by atoms with Gasteiger partial charge < -0.3 is 5.32 Å². The van der Waals surface area contributed by atoms with Crippen LogP contribution in [0.5, 0.6) is 0 Å². The highest BCUT2D eigenvalue weighted by atomic mass is 16.5. The number of likely N-dealkylation sites (N-methyl/N-ethyl adjacent to an activating group) is 1. The van der Waals surface area contributed by atoms with Gasteiger partial charge in [-0.05, 0) is 0 Å². The predicted molar refractivity (Wildman–Crippen MR) is 32.8 cm³/mol. The van der Waals surface area contributed by atoms with Crippen molar-refractivity contribution in [1.29, 1.82) is 0 Å². The van der Waals surface area contributed by atoms with Gasteiger partial charge in [0.15, 0.2) is 0 Å². The highest BCUT2D eigenvalue weighted by molar-refractivity contribution is 5.45. The molecule has 0 saturated heterocycles. The molecule has 0 atom stereocenters. The van der Waals surface area contributed by atoms with Crippen LogP contribution in [0.4, 0.5) is 0 Å². The SMILES string of the molecule is C[N+](C)(O)CCNC=O. The van der Waals surface area contributed by atoms with E-state index >= 15 is 0 Å². The molecule has 0 aliphatic heterocycles. The van der Waals surface area contributed by atoms with E-state index in [1.807, 2.05) is 0 Å². The number of carbonyl (C=O) groups is 1. The molecule has 0 rings (SSSR count). The van der Waals surface area contributed by atoms with Gasteiger partial charge in [0, 0.05) is 0 Å². The van der Waals surface area contributed by atoms with Gasteiger partial charge in [-0.25, -0.2) is 5.21 Å². The van der Waals surface area contributed by atoms with Crippen LogP contribution in [-0.2, 0) is 4.79 Å². The maximum absolute atomic E-state index is 9.69. The van der Waals surface area contributed by atoms with Crippen molar-refractivity contribution in [2.24, 2.45) is 0 Å². The normalized spacial score (nSPS) is 11.0. The molecule has 0 fully saturated rings. The van der Waals surface area contributed by atoms with Crippen LogP contribution in [0.15, 0.2) is 0 Å². The number of amides is 1. The highest BCUT2D eigenvalue weighted by Crippen LogP contribution is 1.84. The fraction of sp³-hybridized carbons (Fsp3) is 0.800. The van der Waals surface area contributed by atoms with Gasteiger partial charge in [-0.1, -0.05) is 0 Å². The number of hydrogen-bond acceptors (Lipinski definition) is 2. The molecule has 0 saturated carbocycles. The van der Waals surface area contributed by atoms with Crippen molar-refractivity contribution in [3.05, 3.63) is 0 Å². The monoisotopic (exact) mass is 133 g/mol. The molecule has 0 spiro atoms. The lowest BCUT2D eigenvalue weighted by Crippen LogP contribution is -2.40. The maximum atomic E-state index is 9.69. The van der Waals surface area contributed by atoms with Gasteiger partial charge in [-0.3, -0.25) is 4.79 Å². The molecule has 0 heterocycles. The second-order valence-electron chi connectivity index (χ2n) is 2.42. The number of nitrogens with one attached hydrogen (secondary N) is 1. The van der Waals surface area contributed by atoms with Crippen LogP contribution in [0.2, 0.25) is 0 Å². The van der Waals surface area contributed by atoms with Gasteiger partial charge in [0.1, 0.15) is 6.54 Å². The van der Waals surface area contributed by atoms with Crippen molar-refractivity contribution in [3.8, 4) is 0 Å². The fourth-order valence-corrected chi connectivity index (χ4v) is 0.397. The fourth-order valence-electron chi connectivity index (χ4n) is 0.397. The van der Waals surface area contributed by atoms with E-state index in [0.717, 1.165) is 0 Å². The zero-order valence-electron chi connectivity index (χ0n) is 5.79. The Bertz CT molecular complexity index is 87.4. The number of rotatable bonds is 4. The van der Waals surface area contributed by atoms with E-state index in [9.17, 15) is 4.79 Å². The van der Waals surface area contributed by atoms with Crippen LogP contribution in [0.1, 0.15) is 0 Å². The molecule has 9 heavy (non-hydrogen) atoms. The predicted octanol–water partition coefficient (Wildman–Crippen LogP) is -0.802. The lowest BCUT2D eigenvalue weighted by molar-refractivity contribution is -1.07. The first kappa shape index (κ1) is 8.39. The zero-order valence-corrected chi connectivity index (χ0v) is 5.79. The Kier molecular flexibility index (Phi) is 3.19. The Morgan fingerprint density at radius 3 is 2.56 bits per heavy atom. The summed E-state index contributed by atoms with van der Waals surface area (Å²) in [6, 6.07) is 0. The first-order chi connectivity index (χ1) is 4.06. The van der Waals surface area contributed by atoms with E-state index in [-0.39, 0.29) is 4.65 Å². The third-order valence-electron chi connectivity index (χ3n) is 0.887. The summed E-state index contributed by atoms with van der Waals surface area (Å²) in [6.07, 6.45) is 0.621. The second-order valence-corrected chi connectivity index (χ2v) is 2.42. The molecule has 4 heteroatoms. The third kappa shape index (κ3) is 7.39. The molecule has 0 aromatic rings. The summed E-state index contributed by atoms with van der Waals surface area (Å²) in [5.41, 5.74) is 0. The molecule has 0 radical (unpaired) electrons. The Labute approximate surface area is 54.6 Å². The zero-order chi connectivity index (χ0) is 7.33. The number of nitrogens with zero attached hydrogens (tertiary/aromatic N) is 1. The molecule has 4 nitrogen and oxygen atoms in total. The Hall–Kier alpha value is -0.610. The van der Waals surface area contributed by atoms with Crippen molar-refractivity contribution in [2.45, 2.75) is 0 Å². The van der Waals surface area contributed by atoms with Gasteiger partial charge in [-0.15, -0.1) is 0 Å². The second kappa shape index (κ2) is 3.42. The van der Waals surface area contributed by atoms with E-state index in [1.54, 1.807) is 14.1 Å². The van der Waals surface area contributed by atoms with Gasteiger partial charge in [0.2, 0.25) is 6.41 Å². The van der Waals surface area contributed by atoms with Crippen LogP contribution >= 0.6 is 0 Å². The summed E-state index contributed by atoms with van der Waals surface area (Å²) in [5, 5.41) is 11.5. The van der Waals surface area contributed by atoms with E-state index in [1.165, 1.54) is 0 Å². The van der Waals surface area contributed by atoms with Crippen LogP contribution in [-0.4, -0.2) is 43.4 Å². The minimum atomic E-state index is -0.110. The van der Waals surface area contributed by atoms with Gasteiger partial charge in [0.05, 0.1) is 20.6 Å². The van der Waals surface area contributed by atoms with Crippen molar-refractivity contribution in [3.63, 3.8) is 0 Å². The van der Waals surface area contributed by atoms with Gasteiger partial charge in [0.25, 0.3) is 0 Å². The molecule has 0 aromatic carbocycles. The number of hydrogen-bond donors (Lipinski definition) is 2. The third-order valence-corrected chi connectivity index (χ3v) is 0.887. The van der Waals surface area contributed by atoms with Gasteiger partial charge >= 0.3 is 0 Å². The van der Waals surface area contributed by atoms with Crippen molar-refractivity contribution in [2.75, 3.05) is 27.2 Å². The summed E-state index contributed by atoms with van der Waals surface area (Å²) >= 11 is 0. The molecule has 0 unspecified atom stereocenters. The van der Waals surface area contributed by atoms with E-state index in [2.05, 4.69) is 5.32 Å². The molecule has 0 aliphatic rings. The molecule has 0 bridgehead atoms. The average Bonchev–Trinajstić information content (AvgIpc) is 1.63. The Balaban J connectivity index is 3.17. The lowest BCUT2D eigenvalue weighted by atomic mass is 10.6. The topological polar surface area (TPSA) is 49.3 Å². The summed E-state index contributed by atoms with van der Waals surface area (Å²) in [6.45, 7) is 1.03.